The summed E-state index contributed by atoms with van der Waals surface area (Å²) in [7, 11) is 0. The summed E-state index contributed by atoms with van der Waals surface area (Å²) in [5.41, 5.74) is 1.99. The molecule has 0 aromatic heterocycles. The van der Waals surface area contributed by atoms with Gasteiger partial charge in [0.25, 0.3) is 0 Å². The first-order valence-corrected chi connectivity index (χ1v) is 5.46. The zero-order valence-corrected chi connectivity index (χ0v) is 11.7. The average Bonchev–Trinajstić information content (AvgIpc) is 2.30. The van der Waals surface area contributed by atoms with Crippen LogP contribution < -0.4 is 0 Å². The van der Waals surface area contributed by atoms with E-state index in [1.54, 1.807) is 6.07 Å². The molecule has 2 aromatic rings. The van der Waals surface area contributed by atoms with Gasteiger partial charge in [-0.05, 0) is 11.6 Å². The van der Waals surface area contributed by atoms with Crippen LogP contribution in [0.15, 0.2) is 54.6 Å². The molecule has 0 heterocycles. The number of phenolic OH excluding ortho intramolecular Hbond substituents is 1. The molecular weight excluding hydrogens is 244 g/mol. The number of hydrogen-bond acceptors (Lipinski definition) is 1. The smallest absolute Gasteiger partial charge is 0.119 e. The summed E-state index contributed by atoms with van der Waals surface area (Å²) in [5.74, 6) is 0.358. The quantitative estimate of drug-likeness (QED) is 0.816. The normalized spacial score (nSPS) is 10.7. The van der Waals surface area contributed by atoms with Gasteiger partial charge in [0.2, 0.25) is 0 Å². The minimum atomic E-state index is -0.174. The predicted molar refractivity (Wildman–Crippen MR) is 66.7 cm³/mol. The molecule has 1 nitrogen and oxygen atoms in total. The maximum atomic E-state index is 9.91. The SMILES string of the molecule is CC(C)(c1ccccc1)c1ccccc1O.[Ti]. The Balaban J connectivity index is 0.00000144. The Hall–Kier alpha value is -1.05. The second-order valence-corrected chi connectivity index (χ2v) is 4.51. The van der Waals surface area contributed by atoms with E-state index in [1.165, 1.54) is 5.56 Å². The van der Waals surface area contributed by atoms with Crippen molar-refractivity contribution < 1.29 is 26.8 Å². The Bertz CT molecular complexity index is 477. The van der Waals surface area contributed by atoms with Gasteiger partial charge in [0.05, 0.1) is 0 Å². The first kappa shape index (κ1) is 14.0. The molecule has 86 valence electrons. The molecule has 0 saturated heterocycles. The Kier molecular flexibility index (Phi) is 4.56. The molecule has 0 bridgehead atoms. The van der Waals surface area contributed by atoms with E-state index in [0.717, 1.165) is 5.56 Å². The van der Waals surface area contributed by atoms with Gasteiger partial charge < -0.3 is 5.11 Å². The maximum absolute atomic E-state index is 9.91. The molecule has 2 heteroatoms. The average molecular weight is 260 g/mol. The fourth-order valence-electron chi connectivity index (χ4n) is 2.01. The fraction of sp³-hybridized carbons (Fsp3) is 0.200. The molecule has 0 atom stereocenters. The van der Waals surface area contributed by atoms with Crippen molar-refractivity contribution >= 4 is 0 Å². The summed E-state index contributed by atoms with van der Waals surface area (Å²) in [6, 6.07) is 17.7. The molecule has 0 amide bonds. The molecule has 0 aliphatic heterocycles. The van der Waals surface area contributed by atoms with E-state index in [1.807, 2.05) is 36.4 Å². The van der Waals surface area contributed by atoms with Crippen molar-refractivity contribution in [3.8, 4) is 5.75 Å². The first-order chi connectivity index (χ1) is 7.62. The van der Waals surface area contributed by atoms with Gasteiger partial charge in [0.15, 0.2) is 0 Å². The summed E-state index contributed by atoms with van der Waals surface area (Å²) in [6.07, 6.45) is 0. The minimum Gasteiger partial charge on any atom is -0.508 e. The molecule has 2 aromatic carbocycles. The van der Waals surface area contributed by atoms with Crippen LogP contribution in [0.3, 0.4) is 0 Å². The number of benzene rings is 2. The van der Waals surface area contributed by atoms with Gasteiger partial charge in [0, 0.05) is 32.7 Å². The van der Waals surface area contributed by atoms with Crippen LogP contribution in [0.1, 0.15) is 25.0 Å². The third-order valence-corrected chi connectivity index (χ3v) is 3.07. The maximum Gasteiger partial charge on any atom is 0.119 e. The standard InChI is InChI=1S/C15H16O.Ti/c1-15(2,12-8-4-3-5-9-12)13-10-6-7-11-14(13)16;/h3-11,16H,1-2H3;. The van der Waals surface area contributed by atoms with Gasteiger partial charge in [-0.25, -0.2) is 0 Å². The molecule has 0 unspecified atom stereocenters. The zero-order chi connectivity index (χ0) is 11.6. The van der Waals surface area contributed by atoms with Crippen LogP contribution >= 0.6 is 0 Å². The van der Waals surface area contributed by atoms with Crippen molar-refractivity contribution in [3.05, 3.63) is 65.7 Å². The molecule has 0 spiro atoms. The summed E-state index contributed by atoms with van der Waals surface area (Å²) in [6.45, 7) is 4.24. The van der Waals surface area contributed by atoms with Gasteiger partial charge in [-0.3, -0.25) is 0 Å². The minimum absolute atomic E-state index is 0. The molecule has 0 saturated carbocycles. The van der Waals surface area contributed by atoms with Crippen molar-refractivity contribution in [2.45, 2.75) is 19.3 Å². The zero-order valence-electron chi connectivity index (χ0n) is 10.1. The van der Waals surface area contributed by atoms with Crippen LogP contribution in [-0.4, -0.2) is 5.11 Å². The Morgan fingerprint density at radius 2 is 1.35 bits per heavy atom. The van der Waals surface area contributed by atoms with E-state index < -0.39 is 0 Å². The number of aromatic hydroxyl groups is 1. The number of hydrogen-bond donors (Lipinski definition) is 1. The van der Waals surface area contributed by atoms with Crippen molar-refractivity contribution in [2.24, 2.45) is 0 Å². The molecular formula is C15H16OTi. The summed E-state index contributed by atoms with van der Waals surface area (Å²) < 4.78 is 0. The molecule has 0 radical (unpaired) electrons. The monoisotopic (exact) mass is 260 g/mol. The van der Waals surface area contributed by atoms with E-state index in [9.17, 15) is 5.11 Å². The van der Waals surface area contributed by atoms with Crippen molar-refractivity contribution in [1.82, 2.24) is 0 Å². The molecule has 2 rings (SSSR count). The number of para-hydroxylation sites is 1. The van der Waals surface area contributed by atoms with E-state index in [0.29, 0.717) is 5.75 Å². The summed E-state index contributed by atoms with van der Waals surface area (Å²) in [5, 5.41) is 9.91. The van der Waals surface area contributed by atoms with Crippen LogP contribution in [-0.2, 0) is 27.1 Å². The van der Waals surface area contributed by atoms with Gasteiger partial charge in [-0.2, -0.15) is 0 Å². The third kappa shape index (κ3) is 2.80. The van der Waals surface area contributed by atoms with Crippen LogP contribution in [0.2, 0.25) is 0 Å². The van der Waals surface area contributed by atoms with Crippen LogP contribution in [0.25, 0.3) is 0 Å². The molecule has 17 heavy (non-hydrogen) atoms. The van der Waals surface area contributed by atoms with Crippen molar-refractivity contribution in [2.75, 3.05) is 0 Å². The van der Waals surface area contributed by atoms with Crippen LogP contribution in [0, 0.1) is 0 Å². The first-order valence-electron chi connectivity index (χ1n) is 5.46. The molecule has 0 aliphatic carbocycles. The predicted octanol–water partition coefficient (Wildman–Crippen LogP) is 3.72. The number of rotatable bonds is 2. The summed E-state index contributed by atoms with van der Waals surface area (Å²) >= 11 is 0. The van der Waals surface area contributed by atoms with Crippen LogP contribution in [0.4, 0.5) is 0 Å². The Morgan fingerprint density at radius 3 is 1.94 bits per heavy atom. The molecule has 0 aliphatic rings. The van der Waals surface area contributed by atoms with Gasteiger partial charge in [0.1, 0.15) is 5.75 Å². The van der Waals surface area contributed by atoms with Gasteiger partial charge >= 0.3 is 0 Å². The van der Waals surface area contributed by atoms with Crippen LogP contribution in [0.5, 0.6) is 5.75 Å². The second kappa shape index (κ2) is 5.53. The summed E-state index contributed by atoms with van der Waals surface area (Å²) in [4.78, 5) is 0. The van der Waals surface area contributed by atoms with Gasteiger partial charge in [-0.1, -0.05) is 62.4 Å². The topological polar surface area (TPSA) is 20.2 Å². The number of phenols is 1. The van der Waals surface area contributed by atoms with Crippen molar-refractivity contribution in [3.63, 3.8) is 0 Å². The molecule has 0 fully saturated rings. The molecule has 1 N–H and O–H groups in total. The largest absolute Gasteiger partial charge is 0.508 e. The Labute approximate surface area is 117 Å². The Morgan fingerprint density at radius 1 is 0.824 bits per heavy atom. The fourth-order valence-corrected chi connectivity index (χ4v) is 2.01. The van der Waals surface area contributed by atoms with E-state index >= 15 is 0 Å². The van der Waals surface area contributed by atoms with E-state index in [2.05, 4.69) is 26.0 Å². The third-order valence-electron chi connectivity index (χ3n) is 3.07. The van der Waals surface area contributed by atoms with Crippen molar-refractivity contribution in [1.29, 1.82) is 0 Å². The van der Waals surface area contributed by atoms with E-state index in [4.69, 9.17) is 0 Å². The van der Waals surface area contributed by atoms with Gasteiger partial charge in [-0.15, -0.1) is 0 Å². The second-order valence-electron chi connectivity index (χ2n) is 4.51. The van der Waals surface area contributed by atoms with E-state index in [-0.39, 0.29) is 27.1 Å².